The molecule has 1 fully saturated rings. The van der Waals surface area contributed by atoms with Crippen molar-refractivity contribution in [3.05, 3.63) is 23.8 Å². The maximum absolute atomic E-state index is 12.1. The minimum atomic E-state index is -0.382. The Balaban J connectivity index is 1.97. The molecule has 2 amide bonds. The maximum atomic E-state index is 12.1. The Kier molecular flexibility index (Phi) is 5.41. The first kappa shape index (κ1) is 16.6. The molecular formula is C16H19N3O4. The van der Waals surface area contributed by atoms with Crippen LogP contribution in [0.4, 0.5) is 0 Å². The number of ether oxygens (including phenoxy) is 2. The number of hydrogen-bond acceptors (Lipinski definition) is 5. The van der Waals surface area contributed by atoms with Gasteiger partial charge in [0.1, 0.15) is 0 Å². The van der Waals surface area contributed by atoms with Crippen LogP contribution in [-0.2, 0) is 9.59 Å². The number of benzene rings is 1. The normalized spacial score (nSPS) is 16.7. The van der Waals surface area contributed by atoms with E-state index in [-0.39, 0.29) is 24.3 Å². The maximum Gasteiger partial charge on any atom is 0.260 e. The van der Waals surface area contributed by atoms with E-state index in [4.69, 9.17) is 20.5 Å². The lowest BCUT2D eigenvalue weighted by Gasteiger charge is -2.17. The van der Waals surface area contributed by atoms with E-state index in [0.29, 0.717) is 43.2 Å². The Labute approximate surface area is 134 Å². The summed E-state index contributed by atoms with van der Waals surface area (Å²) in [5, 5.41) is 8.91. The zero-order valence-corrected chi connectivity index (χ0v) is 12.9. The summed E-state index contributed by atoms with van der Waals surface area (Å²) in [6.45, 7) is 2.93. The average molecular weight is 317 g/mol. The van der Waals surface area contributed by atoms with Crippen molar-refractivity contribution in [1.82, 2.24) is 4.90 Å². The lowest BCUT2D eigenvalue weighted by Crippen LogP contribution is -2.34. The molecule has 1 heterocycles. The van der Waals surface area contributed by atoms with Gasteiger partial charge in [0, 0.05) is 19.2 Å². The monoisotopic (exact) mass is 317 g/mol. The van der Waals surface area contributed by atoms with Crippen molar-refractivity contribution in [2.24, 2.45) is 11.7 Å². The number of carbonyl (C=O) groups excluding carboxylic acids is 2. The molecule has 1 aliphatic heterocycles. The molecule has 0 spiro atoms. The molecule has 0 aliphatic carbocycles. The van der Waals surface area contributed by atoms with Gasteiger partial charge >= 0.3 is 0 Å². The summed E-state index contributed by atoms with van der Waals surface area (Å²) in [4.78, 5) is 24.8. The zero-order chi connectivity index (χ0) is 16.8. The number of likely N-dealkylation sites (tertiary alicyclic amines) is 1. The van der Waals surface area contributed by atoms with Gasteiger partial charge in [-0.25, -0.2) is 0 Å². The number of rotatable bonds is 6. The molecule has 2 N–H and O–H groups in total. The van der Waals surface area contributed by atoms with E-state index < -0.39 is 0 Å². The zero-order valence-electron chi connectivity index (χ0n) is 12.9. The van der Waals surface area contributed by atoms with Crippen LogP contribution in [0.5, 0.6) is 11.5 Å². The van der Waals surface area contributed by atoms with E-state index in [2.05, 4.69) is 0 Å². The molecule has 0 aromatic heterocycles. The fraction of sp³-hybridized carbons (Fsp3) is 0.438. The molecule has 1 atom stereocenters. The molecule has 1 saturated heterocycles. The van der Waals surface area contributed by atoms with Crippen LogP contribution < -0.4 is 15.2 Å². The van der Waals surface area contributed by atoms with Gasteiger partial charge in [-0.1, -0.05) is 0 Å². The minimum absolute atomic E-state index is 0.155. The predicted octanol–water partition coefficient (Wildman–Crippen LogP) is 0.670. The Morgan fingerprint density at radius 3 is 2.78 bits per heavy atom. The highest BCUT2D eigenvalue weighted by Crippen LogP contribution is 2.28. The minimum Gasteiger partial charge on any atom is -0.490 e. The highest BCUT2D eigenvalue weighted by Gasteiger charge is 2.29. The smallest absolute Gasteiger partial charge is 0.260 e. The van der Waals surface area contributed by atoms with Crippen LogP contribution in [-0.4, -0.2) is 43.0 Å². The Morgan fingerprint density at radius 1 is 1.39 bits per heavy atom. The van der Waals surface area contributed by atoms with Gasteiger partial charge in [0.15, 0.2) is 18.1 Å². The summed E-state index contributed by atoms with van der Waals surface area (Å²) >= 11 is 0. The molecule has 0 radical (unpaired) electrons. The van der Waals surface area contributed by atoms with E-state index in [1.807, 2.05) is 13.0 Å². The second-order valence-electron chi connectivity index (χ2n) is 5.22. The fourth-order valence-corrected chi connectivity index (χ4v) is 2.41. The number of primary amides is 1. The van der Waals surface area contributed by atoms with E-state index in [0.717, 1.165) is 0 Å². The van der Waals surface area contributed by atoms with Crippen LogP contribution in [0, 0.1) is 17.2 Å². The first-order valence-electron chi connectivity index (χ1n) is 7.42. The number of amides is 2. The molecule has 1 aliphatic rings. The van der Waals surface area contributed by atoms with Gasteiger partial charge in [0.25, 0.3) is 5.91 Å². The third kappa shape index (κ3) is 4.13. The lowest BCUT2D eigenvalue weighted by atomic mass is 10.1. The standard InChI is InChI=1S/C16H19N3O4/c1-2-22-14-7-11(8-17)3-4-13(14)23-10-15(20)19-6-5-12(9-19)16(18)21/h3-4,7,12H,2,5-6,9-10H2,1H3,(H2,18,21)/t12-/m0/s1. The number of hydrogen-bond donors (Lipinski definition) is 1. The molecule has 0 saturated carbocycles. The fourth-order valence-electron chi connectivity index (χ4n) is 2.41. The topological polar surface area (TPSA) is 106 Å². The van der Waals surface area contributed by atoms with Crippen LogP contribution in [0.2, 0.25) is 0 Å². The average Bonchev–Trinajstić information content (AvgIpc) is 3.04. The second-order valence-corrected chi connectivity index (χ2v) is 5.22. The molecule has 2 rings (SSSR count). The molecule has 0 bridgehead atoms. The van der Waals surface area contributed by atoms with Gasteiger partial charge in [-0.2, -0.15) is 5.26 Å². The van der Waals surface area contributed by atoms with Crippen LogP contribution in [0.3, 0.4) is 0 Å². The summed E-state index contributed by atoms with van der Waals surface area (Å²) in [6.07, 6.45) is 0.585. The van der Waals surface area contributed by atoms with E-state index in [9.17, 15) is 9.59 Å². The number of nitrogens with two attached hydrogens (primary N) is 1. The largest absolute Gasteiger partial charge is 0.490 e. The first-order valence-corrected chi connectivity index (χ1v) is 7.42. The van der Waals surface area contributed by atoms with Gasteiger partial charge in [-0.05, 0) is 25.5 Å². The highest BCUT2D eigenvalue weighted by atomic mass is 16.5. The van der Waals surface area contributed by atoms with Crippen LogP contribution in [0.1, 0.15) is 18.9 Å². The summed E-state index contributed by atoms with van der Waals surface area (Å²) in [5.74, 6) is -0.0408. The second kappa shape index (κ2) is 7.49. The molecular weight excluding hydrogens is 298 g/mol. The van der Waals surface area contributed by atoms with Gasteiger partial charge in [0.05, 0.1) is 24.2 Å². The van der Waals surface area contributed by atoms with Crippen LogP contribution >= 0.6 is 0 Å². The van der Waals surface area contributed by atoms with Gasteiger partial charge in [0.2, 0.25) is 5.91 Å². The third-order valence-corrected chi connectivity index (χ3v) is 3.67. The van der Waals surface area contributed by atoms with Crippen LogP contribution in [0.15, 0.2) is 18.2 Å². The van der Waals surface area contributed by atoms with E-state index in [1.54, 1.807) is 23.1 Å². The summed E-state index contributed by atoms with van der Waals surface area (Å²) in [6, 6.07) is 6.80. The number of nitrogens with zero attached hydrogens (tertiary/aromatic N) is 2. The highest BCUT2D eigenvalue weighted by molar-refractivity contribution is 5.81. The Hall–Kier alpha value is -2.75. The van der Waals surface area contributed by atoms with Crippen molar-refractivity contribution >= 4 is 11.8 Å². The van der Waals surface area contributed by atoms with Crippen molar-refractivity contribution in [2.75, 3.05) is 26.3 Å². The molecule has 122 valence electrons. The SMILES string of the molecule is CCOc1cc(C#N)ccc1OCC(=O)N1CC[C@H](C(N)=O)C1. The Morgan fingerprint density at radius 2 is 2.17 bits per heavy atom. The van der Waals surface area contributed by atoms with Crippen molar-refractivity contribution in [1.29, 1.82) is 5.26 Å². The van der Waals surface area contributed by atoms with Crippen molar-refractivity contribution in [3.8, 4) is 17.6 Å². The molecule has 7 nitrogen and oxygen atoms in total. The summed E-state index contributed by atoms with van der Waals surface area (Å²) in [7, 11) is 0. The molecule has 0 unspecified atom stereocenters. The summed E-state index contributed by atoms with van der Waals surface area (Å²) in [5.41, 5.74) is 5.71. The Bertz CT molecular complexity index is 639. The first-order chi connectivity index (χ1) is 11.0. The predicted molar refractivity (Wildman–Crippen MR) is 81.7 cm³/mol. The summed E-state index contributed by atoms with van der Waals surface area (Å²) < 4.78 is 10.9. The molecule has 1 aromatic carbocycles. The number of carbonyl (C=O) groups is 2. The van der Waals surface area contributed by atoms with Gasteiger partial charge in [-0.15, -0.1) is 0 Å². The van der Waals surface area contributed by atoms with Gasteiger partial charge < -0.3 is 20.1 Å². The van der Waals surface area contributed by atoms with Crippen molar-refractivity contribution < 1.29 is 19.1 Å². The quantitative estimate of drug-likeness (QED) is 0.830. The van der Waals surface area contributed by atoms with E-state index in [1.165, 1.54) is 0 Å². The van der Waals surface area contributed by atoms with Crippen molar-refractivity contribution in [3.63, 3.8) is 0 Å². The lowest BCUT2D eigenvalue weighted by molar-refractivity contribution is -0.132. The van der Waals surface area contributed by atoms with E-state index >= 15 is 0 Å². The van der Waals surface area contributed by atoms with Crippen molar-refractivity contribution in [2.45, 2.75) is 13.3 Å². The third-order valence-electron chi connectivity index (χ3n) is 3.67. The van der Waals surface area contributed by atoms with Gasteiger partial charge in [-0.3, -0.25) is 9.59 Å². The number of nitriles is 1. The molecule has 1 aromatic rings. The van der Waals surface area contributed by atoms with Crippen LogP contribution in [0.25, 0.3) is 0 Å². The molecule has 23 heavy (non-hydrogen) atoms. The molecule has 7 heteroatoms.